The summed E-state index contributed by atoms with van der Waals surface area (Å²) in [7, 11) is 0. The van der Waals surface area contributed by atoms with Crippen molar-refractivity contribution in [1.29, 1.82) is 0 Å². The molecule has 0 aromatic rings. The van der Waals surface area contributed by atoms with Gasteiger partial charge in [0.25, 0.3) is 0 Å². The summed E-state index contributed by atoms with van der Waals surface area (Å²) in [5, 5.41) is 12.6. The fraction of sp³-hybridized carbons (Fsp3) is 1.00. The van der Waals surface area contributed by atoms with Crippen molar-refractivity contribution in [1.82, 2.24) is 5.32 Å². The molecule has 0 radical (unpaired) electrons. The molecule has 0 amide bonds. The summed E-state index contributed by atoms with van der Waals surface area (Å²) in [6.07, 6.45) is 9.42. The summed E-state index contributed by atoms with van der Waals surface area (Å²) in [6.45, 7) is 1.57. The average Bonchev–Trinajstić information content (AvgIpc) is 2.16. The Bertz CT molecular complexity index is 162. The van der Waals surface area contributed by atoms with Crippen LogP contribution < -0.4 is 5.32 Å². The second-order valence-electron chi connectivity index (χ2n) is 4.92. The minimum absolute atomic E-state index is 0.374. The van der Waals surface area contributed by atoms with Gasteiger partial charge in [-0.1, -0.05) is 32.1 Å². The summed E-state index contributed by atoms with van der Waals surface area (Å²) < 4.78 is 0. The lowest BCUT2D eigenvalue weighted by molar-refractivity contribution is 0.120. The molecule has 2 unspecified atom stereocenters. The Labute approximate surface area is 87.1 Å². The molecular formula is C12H23NO. The van der Waals surface area contributed by atoms with Crippen LogP contribution in [0.1, 0.15) is 44.9 Å². The van der Waals surface area contributed by atoms with Crippen molar-refractivity contribution in [2.24, 2.45) is 11.8 Å². The Morgan fingerprint density at radius 3 is 2.36 bits per heavy atom. The van der Waals surface area contributed by atoms with Crippen LogP contribution >= 0.6 is 0 Å². The van der Waals surface area contributed by atoms with Gasteiger partial charge in [-0.2, -0.15) is 0 Å². The second kappa shape index (κ2) is 5.13. The summed E-state index contributed by atoms with van der Waals surface area (Å²) in [5.74, 6) is 1.66. The van der Waals surface area contributed by atoms with Gasteiger partial charge in [0.15, 0.2) is 0 Å². The quantitative estimate of drug-likeness (QED) is 0.722. The number of hydrogen-bond acceptors (Lipinski definition) is 2. The van der Waals surface area contributed by atoms with E-state index in [4.69, 9.17) is 5.11 Å². The monoisotopic (exact) mass is 197 g/mol. The smallest absolute Gasteiger partial charge is 0.0434 e. The topological polar surface area (TPSA) is 32.3 Å². The zero-order valence-electron chi connectivity index (χ0n) is 9.04. The van der Waals surface area contributed by atoms with Crippen LogP contribution in [0.4, 0.5) is 0 Å². The molecule has 2 N–H and O–H groups in total. The Kier molecular flexibility index (Phi) is 3.82. The van der Waals surface area contributed by atoms with Crippen molar-refractivity contribution >= 4 is 0 Å². The van der Waals surface area contributed by atoms with Gasteiger partial charge < -0.3 is 10.4 Å². The summed E-state index contributed by atoms with van der Waals surface area (Å²) >= 11 is 0. The number of aliphatic hydroxyl groups excluding tert-OH is 1. The highest BCUT2D eigenvalue weighted by atomic mass is 16.3. The summed E-state index contributed by atoms with van der Waals surface area (Å²) in [6, 6.07) is 0.727. The molecule has 1 aliphatic heterocycles. The molecule has 1 saturated heterocycles. The van der Waals surface area contributed by atoms with Gasteiger partial charge in [-0.25, -0.2) is 0 Å². The molecule has 2 heteroatoms. The molecule has 1 heterocycles. The minimum Gasteiger partial charge on any atom is -0.396 e. The maximum Gasteiger partial charge on any atom is 0.0434 e. The highest BCUT2D eigenvalue weighted by Crippen LogP contribution is 2.35. The van der Waals surface area contributed by atoms with E-state index < -0.39 is 0 Å². The first-order chi connectivity index (χ1) is 6.92. The van der Waals surface area contributed by atoms with Gasteiger partial charge in [0.05, 0.1) is 0 Å². The van der Waals surface area contributed by atoms with Crippen LogP contribution in [0.2, 0.25) is 0 Å². The third kappa shape index (κ3) is 2.29. The molecule has 0 aromatic heterocycles. The molecule has 2 fully saturated rings. The Hall–Kier alpha value is -0.0800. The molecule has 82 valence electrons. The van der Waals surface area contributed by atoms with Gasteiger partial charge in [-0.3, -0.25) is 0 Å². The van der Waals surface area contributed by atoms with E-state index in [0.29, 0.717) is 6.61 Å². The van der Waals surface area contributed by atoms with E-state index in [1.54, 1.807) is 0 Å². The molecule has 0 bridgehead atoms. The maximum atomic E-state index is 9.11. The van der Waals surface area contributed by atoms with Gasteiger partial charge in [-0.15, -0.1) is 0 Å². The highest BCUT2D eigenvalue weighted by Gasteiger charge is 2.32. The van der Waals surface area contributed by atoms with Crippen LogP contribution in [-0.2, 0) is 0 Å². The number of aliphatic hydroxyl groups is 1. The van der Waals surface area contributed by atoms with Crippen molar-refractivity contribution in [2.75, 3.05) is 13.2 Å². The third-order valence-corrected chi connectivity index (χ3v) is 4.10. The summed E-state index contributed by atoms with van der Waals surface area (Å²) in [4.78, 5) is 0. The van der Waals surface area contributed by atoms with Crippen LogP contribution in [0.15, 0.2) is 0 Å². The Morgan fingerprint density at radius 1 is 1.14 bits per heavy atom. The van der Waals surface area contributed by atoms with Crippen molar-refractivity contribution in [3.05, 3.63) is 0 Å². The molecule has 2 atom stereocenters. The lowest BCUT2D eigenvalue weighted by Gasteiger charge is -2.41. The normalized spacial score (nSPS) is 31.1. The fourth-order valence-electron chi connectivity index (χ4n) is 3.15. The van der Waals surface area contributed by atoms with Crippen molar-refractivity contribution in [3.8, 4) is 0 Å². The van der Waals surface area contributed by atoms with E-state index in [-0.39, 0.29) is 0 Å². The van der Waals surface area contributed by atoms with E-state index in [1.165, 1.54) is 45.1 Å². The number of nitrogens with one attached hydrogen (secondary N) is 1. The summed E-state index contributed by atoms with van der Waals surface area (Å²) in [5.41, 5.74) is 0. The number of rotatable bonds is 4. The molecule has 1 aliphatic carbocycles. The van der Waals surface area contributed by atoms with Crippen LogP contribution in [0, 0.1) is 11.8 Å². The van der Waals surface area contributed by atoms with E-state index in [2.05, 4.69) is 5.32 Å². The molecule has 1 saturated carbocycles. The van der Waals surface area contributed by atoms with Gasteiger partial charge in [0.1, 0.15) is 0 Å². The standard InChI is InChI=1S/C12H23NO/c14-9-7-11(12-6-8-13-12)10-4-2-1-3-5-10/h10-14H,1-9H2. The van der Waals surface area contributed by atoms with Crippen molar-refractivity contribution < 1.29 is 5.11 Å². The largest absolute Gasteiger partial charge is 0.396 e. The highest BCUT2D eigenvalue weighted by molar-refractivity contribution is 4.89. The van der Waals surface area contributed by atoms with E-state index in [0.717, 1.165) is 24.3 Å². The van der Waals surface area contributed by atoms with Gasteiger partial charge >= 0.3 is 0 Å². The lowest BCUT2D eigenvalue weighted by Crippen LogP contribution is -2.50. The van der Waals surface area contributed by atoms with Crippen LogP contribution in [-0.4, -0.2) is 24.3 Å². The van der Waals surface area contributed by atoms with Gasteiger partial charge in [-0.05, 0) is 31.2 Å². The molecule has 2 rings (SSSR count). The van der Waals surface area contributed by atoms with E-state index in [9.17, 15) is 0 Å². The molecule has 2 aliphatic rings. The molecule has 0 aromatic carbocycles. The maximum absolute atomic E-state index is 9.11. The van der Waals surface area contributed by atoms with Gasteiger partial charge in [0.2, 0.25) is 0 Å². The SMILES string of the molecule is OCCC(C1CCCCC1)C1CCN1. The predicted octanol–water partition coefficient (Wildman–Crippen LogP) is 1.93. The molecule has 0 spiro atoms. The van der Waals surface area contributed by atoms with Crippen molar-refractivity contribution in [3.63, 3.8) is 0 Å². The molecular weight excluding hydrogens is 174 g/mol. The molecule has 14 heavy (non-hydrogen) atoms. The Balaban J connectivity index is 1.86. The zero-order chi connectivity index (χ0) is 9.80. The fourth-order valence-corrected chi connectivity index (χ4v) is 3.15. The number of hydrogen-bond donors (Lipinski definition) is 2. The average molecular weight is 197 g/mol. The van der Waals surface area contributed by atoms with Crippen LogP contribution in [0.5, 0.6) is 0 Å². The zero-order valence-corrected chi connectivity index (χ0v) is 9.04. The first-order valence-corrected chi connectivity index (χ1v) is 6.26. The Morgan fingerprint density at radius 2 is 1.86 bits per heavy atom. The first kappa shape index (κ1) is 10.4. The van der Waals surface area contributed by atoms with Gasteiger partial charge in [0, 0.05) is 12.6 Å². The lowest BCUT2D eigenvalue weighted by atomic mass is 9.73. The predicted molar refractivity (Wildman–Crippen MR) is 58.2 cm³/mol. The first-order valence-electron chi connectivity index (χ1n) is 6.26. The van der Waals surface area contributed by atoms with E-state index >= 15 is 0 Å². The minimum atomic E-state index is 0.374. The second-order valence-corrected chi connectivity index (χ2v) is 4.92. The van der Waals surface area contributed by atoms with Crippen molar-refractivity contribution in [2.45, 2.75) is 51.0 Å². The van der Waals surface area contributed by atoms with E-state index in [1.807, 2.05) is 0 Å². The molecule has 2 nitrogen and oxygen atoms in total. The third-order valence-electron chi connectivity index (χ3n) is 4.10. The van der Waals surface area contributed by atoms with Crippen LogP contribution in [0.3, 0.4) is 0 Å². The van der Waals surface area contributed by atoms with Crippen LogP contribution in [0.25, 0.3) is 0 Å².